The predicted octanol–water partition coefficient (Wildman–Crippen LogP) is 3.54. The van der Waals surface area contributed by atoms with E-state index in [1.165, 1.54) is 36.0 Å². The van der Waals surface area contributed by atoms with Crippen LogP contribution in [-0.4, -0.2) is 19.9 Å². The first kappa shape index (κ1) is 17.5. The quantitative estimate of drug-likeness (QED) is 0.383. The fourth-order valence-corrected chi connectivity index (χ4v) is 2.79. The number of rotatable bonds is 6. The van der Waals surface area contributed by atoms with Crippen molar-refractivity contribution < 1.29 is 9.31 Å². The first-order valence-corrected chi connectivity index (χ1v) is 8.38. The Bertz CT molecular complexity index is 921. The van der Waals surface area contributed by atoms with Crippen LogP contribution in [0, 0.1) is 15.9 Å². The van der Waals surface area contributed by atoms with Gasteiger partial charge in [0.2, 0.25) is 11.9 Å². The van der Waals surface area contributed by atoms with Crippen molar-refractivity contribution >= 4 is 35.0 Å². The number of benzene rings is 2. The zero-order chi connectivity index (χ0) is 18.5. The molecule has 2 aromatic carbocycles. The second-order valence-electron chi connectivity index (χ2n) is 5.11. The van der Waals surface area contributed by atoms with Gasteiger partial charge in [0.25, 0.3) is 5.69 Å². The van der Waals surface area contributed by atoms with Gasteiger partial charge >= 0.3 is 0 Å². The number of halogens is 1. The van der Waals surface area contributed by atoms with E-state index in [1.54, 1.807) is 24.3 Å². The molecule has 0 saturated heterocycles. The summed E-state index contributed by atoms with van der Waals surface area (Å²) in [4.78, 5) is 23.4. The number of anilines is 3. The number of aromatic nitrogens is 3. The van der Waals surface area contributed by atoms with Gasteiger partial charge in [0, 0.05) is 22.7 Å². The van der Waals surface area contributed by atoms with Gasteiger partial charge in [0.15, 0.2) is 0 Å². The molecule has 0 fully saturated rings. The van der Waals surface area contributed by atoms with E-state index in [0.29, 0.717) is 17.3 Å². The van der Waals surface area contributed by atoms with Gasteiger partial charge in [-0.05, 0) is 36.4 Å². The molecule has 1 heterocycles. The highest BCUT2D eigenvalue weighted by molar-refractivity contribution is 7.98. The minimum atomic E-state index is -0.450. The van der Waals surface area contributed by atoms with E-state index in [9.17, 15) is 14.5 Å². The number of nitrogens with two attached hydrogens (primary N) is 1. The Balaban J connectivity index is 1.69. The van der Waals surface area contributed by atoms with Gasteiger partial charge in [0.1, 0.15) is 11.6 Å². The maximum absolute atomic E-state index is 13.0. The number of hydrogen-bond acceptors (Lipinski definition) is 8. The van der Waals surface area contributed by atoms with Gasteiger partial charge in [0.05, 0.1) is 10.7 Å². The lowest BCUT2D eigenvalue weighted by molar-refractivity contribution is -0.384. The maximum Gasteiger partial charge on any atom is 0.269 e. The molecule has 0 radical (unpaired) electrons. The number of non-ortho nitro benzene ring substituents is 1. The molecular formula is C16H13FN6O2S. The predicted molar refractivity (Wildman–Crippen MR) is 96.6 cm³/mol. The summed E-state index contributed by atoms with van der Waals surface area (Å²) < 4.78 is 13.0. The fraction of sp³-hybridized carbons (Fsp3) is 0.0625. The summed E-state index contributed by atoms with van der Waals surface area (Å²) in [7, 11) is 0. The summed E-state index contributed by atoms with van der Waals surface area (Å²) in [5.41, 5.74) is 6.36. The van der Waals surface area contributed by atoms with Crippen molar-refractivity contribution in [3.63, 3.8) is 0 Å². The Morgan fingerprint density at radius 2 is 1.77 bits per heavy atom. The van der Waals surface area contributed by atoms with Crippen molar-refractivity contribution in [1.29, 1.82) is 0 Å². The third-order valence-corrected chi connectivity index (χ3v) is 4.22. The first-order valence-electron chi connectivity index (χ1n) is 7.40. The number of hydrogen-bond donors (Lipinski definition) is 2. The topological polar surface area (TPSA) is 120 Å². The molecule has 0 amide bonds. The smallest absolute Gasteiger partial charge is 0.269 e. The Morgan fingerprint density at radius 1 is 1.08 bits per heavy atom. The maximum atomic E-state index is 13.0. The van der Waals surface area contributed by atoms with E-state index < -0.39 is 4.92 Å². The monoisotopic (exact) mass is 372 g/mol. The average molecular weight is 372 g/mol. The van der Waals surface area contributed by atoms with Crippen LogP contribution in [0.3, 0.4) is 0 Å². The lowest BCUT2D eigenvalue weighted by Gasteiger charge is -2.07. The highest BCUT2D eigenvalue weighted by atomic mass is 32.2. The molecule has 0 saturated carbocycles. The van der Waals surface area contributed by atoms with Crippen LogP contribution in [0.2, 0.25) is 0 Å². The molecule has 0 unspecified atom stereocenters. The number of nitro groups is 1. The summed E-state index contributed by atoms with van der Waals surface area (Å²) in [6.07, 6.45) is 0. The van der Waals surface area contributed by atoms with E-state index >= 15 is 0 Å². The third kappa shape index (κ3) is 4.63. The van der Waals surface area contributed by atoms with Crippen molar-refractivity contribution in [1.82, 2.24) is 15.0 Å². The van der Waals surface area contributed by atoms with E-state index in [4.69, 9.17) is 5.73 Å². The number of nitrogens with one attached hydrogen (secondary N) is 1. The van der Waals surface area contributed by atoms with Gasteiger partial charge in [-0.25, -0.2) is 4.39 Å². The van der Waals surface area contributed by atoms with Crippen molar-refractivity contribution in [2.45, 2.75) is 10.6 Å². The lowest BCUT2D eigenvalue weighted by Crippen LogP contribution is -2.06. The molecule has 26 heavy (non-hydrogen) atoms. The lowest BCUT2D eigenvalue weighted by atomic mass is 10.3. The Kier molecular flexibility index (Phi) is 5.23. The van der Waals surface area contributed by atoms with Crippen LogP contribution in [0.1, 0.15) is 5.82 Å². The molecule has 3 N–H and O–H groups in total. The van der Waals surface area contributed by atoms with Crippen molar-refractivity contribution in [2.75, 3.05) is 11.1 Å². The van der Waals surface area contributed by atoms with Crippen LogP contribution in [-0.2, 0) is 5.75 Å². The van der Waals surface area contributed by atoms with Crippen LogP contribution in [0.5, 0.6) is 0 Å². The Hall–Kier alpha value is -3.27. The van der Waals surface area contributed by atoms with Crippen molar-refractivity contribution in [2.24, 2.45) is 0 Å². The summed E-state index contributed by atoms with van der Waals surface area (Å²) in [6, 6.07) is 11.9. The molecule has 1 aromatic heterocycles. The average Bonchev–Trinajstić information content (AvgIpc) is 2.62. The second kappa shape index (κ2) is 7.74. The van der Waals surface area contributed by atoms with E-state index in [0.717, 1.165) is 4.90 Å². The summed E-state index contributed by atoms with van der Waals surface area (Å²) in [5.74, 6) is 0.825. The molecule has 132 valence electrons. The second-order valence-corrected chi connectivity index (χ2v) is 6.15. The van der Waals surface area contributed by atoms with E-state index in [1.807, 2.05) is 0 Å². The Labute approximate surface area is 151 Å². The standard InChI is InChI=1S/C16H13FN6O2S/c17-10-1-3-11(4-2-10)19-16-21-14(20-15(18)22-16)9-26-13-7-5-12(6-8-13)23(24)25/h1-8H,9H2,(H3,18,19,20,21,22). The Morgan fingerprint density at radius 3 is 2.42 bits per heavy atom. The number of nitro benzene ring substituents is 1. The first-order chi connectivity index (χ1) is 12.5. The van der Waals surface area contributed by atoms with Crippen LogP contribution in [0.25, 0.3) is 0 Å². The van der Waals surface area contributed by atoms with Crippen LogP contribution >= 0.6 is 11.8 Å². The van der Waals surface area contributed by atoms with Gasteiger partial charge in [-0.15, -0.1) is 11.8 Å². The fourth-order valence-electron chi connectivity index (χ4n) is 2.03. The summed E-state index contributed by atoms with van der Waals surface area (Å²) in [5, 5.41) is 13.6. The third-order valence-electron chi connectivity index (χ3n) is 3.21. The number of thioether (sulfide) groups is 1. The van der Waals surface area contributed by atoms with Crippen LogP contribution in [0.4, 0.5) is 27.7 Å². The van der Waals surface area contributed by atoms with Gasteiger partial charge < -0.3 is 11.1 Å². The molecule has 0 spiro atoms. The molecule has 0 atom stereocenters. The highest BCUT2D eigenvalue weighted by Crippen LogP contribution is 2.24. The molecule has 3 aromatic rings. The van der Waals surface area contributed by atoms with E-state index in [-0.39, 0.29) is 23.4 Å². The number of nitrogen functional groups attached to an aromatic ring is 1. The molecule has 3 rings (SSSR count). The minimum Gasteiger partial charge on any atom is -0.368 e. The zero-order valence-corrected chi connectivity index (χ0v) is 14.1. The number of nitrogens with zero attached hydrogens (tertiary/aromatic N) is 4. The molecule has 0 aliphatic rings. The molecule has 0 aliphatic heterocycles. The molecule has 0 bridgehead atoms. The molecule has 8 nitrogen and oxygen atoms in total. The summed E-state index contributed by atoms with van der Waals surface area (Å²) in [6.45, 7) is 0. The zero-order valence-electron chi connectivity index (χ0n) is 13.3. The normalized spacial score (nSPS) is 10.5. The SMILES string of the molecule is Nc1nc(CSc2ccc([N+](=O)[O-])cc2)nc(Nc2ccc(F)cc2)n1. The van der Waals surface area contributed by atoms with E-state index in [2.05, 4.69) is 20.3 Å². The highest BCUT2D eigenvalue weighted by Gasteiger charge is 2.08. The van der Waals surface area contributed by atoms with Gasteiger partial charge in [-0.1, -0.05) is 0 Å². The molecular weight excluding hydrogens is 359 g/mol. The van der Waals surface area contributed by atoms with Gasteiger partial charge in [-0.3, -0.25) is 10.1 Å². The van der Waals surface area contributed by atoms with Crippen LogP contribution in [0.15, 0.2) is 53.4 Å². The van der Waals surface area contributed by atoms with Crippen molar-refractivity contribution in [3.05, 3.63) is 70.3 Å². The minimum absolute atomic E-state index is 0.0320. The molecule has 10 heteroatoms. The largest absolute Gasteiger partial charge is 0.368 e. The van der Waals surface area contributed by atoms with Crippen LogP contribution < -0.4 is 11.1 Å². The van der Waals surface area contributed by atoms with Gasteiger partial charge in [-0.2, -0.15) is 15.0 Å². The summed E-state index contributed by atoms with van der Waals surface area (Å²) >= 11 is 1.41. The molecule has 0 aliphatic carbocycles. The van der Waals surface area contributed by atoms with Crippen molar-refractivity contribution in [3.8, 4) is 0 Å².